The van der Waals surface area contributed by atoms with Crippen LogP contribution in [0.2, 0.25) is 0 Å². The van der Waals surface area contributed by atoms with Crippen molar-refractivity contribution in [2.75, 3.05) is 28.2 Å². The number of nitrogens with two attached hydrogens (primary N) is 1. The first kappa shape index (κ1) is 42.9. The van der Waals surface area contributed by atoms with Gasteiger partial charge < -0.3 is 10.3 Å². The van der Waals surface area contributed by atoms with E-state index in [0.29, 0.717) is 0 Å². The zero-order chi connectivity index (χ0) is 15.5. The molecule has 0 aliphatic heterocycles. The van der Waals surface area contributed by atoms with Gasteiger partial charge in [-0.25, -0.2) is 6.21 Å². The van der Waals surface area contributed by atoms with Crippen LogP contribution in [0.15, 0.2) is 0 Å². The fraction of sp³-hybridized carbons (Fsp3) is 0.857. The Morgan fingerprint density at radius 2 is 1.00 bits per heavy atom. The Labute approximate surface area is 143 Å². The van der Waals surface area contributed by atoms with Crippen molar-refractivity contribution in [3.63, 3.8) is 0 Å². The number of nitrogens with one attached hydrogen (secondary N) is 2. The van der Waals surface area contributed by atoms with Gasteiger partial charge >= 0.3 is 0 Å². The van der Waals surface area contributed by atoms with Gasteiger partial charge in [-0.3, -0.25) is 4.99 Å². The first-order valence-corrected chi connectivity index (χ1v) is 6.77. The minimum Gasteiger partial charge on any atom is -0.428 e. The van der Waals surface area contributed by atoms with Crippen molar-refractivity contribution >= 4 is 12.4 Å². The van der Waals surface area contributed by atoms with Gasteiger partial charge in [0.25, 0.3) is 0 Å². The van der Waals surface area contributed by atoms with Crippen molar-refractivity contribution in [2.24, 2.45) is 0 Å². The van der Waals surface area contributed by atoms with Crippen LogP contribution in [0, 0.1) is 0 Å². The van der Waals surface area contributed by atoms with E-state index in [-0.39, 0.29) is 32.7 Å². The van der Waals surface area contributed by atoms with E-state index in [1.54, 1.807) is 0 Å². The van der Waals surface area contributed by atoms with Crippen LogP contribution in [0.4, 0.5) is 0 Å². The summed E-state index contributed by atoms with van der Waals surface area (Å²) in [6.07, 6.45) is 4.56. The molecule has 0 aromatic rings. The van der Waals surface area contributed by atoms with E-state index >= 15 is 0 Å². The summed E-state index contributed by atoms with van der Waals surface area (Å²) in [5.74, 6) is 0. The van der Waals surface area contributed by atoms with Crippen LogP contribution in [0.1, 0.15) is 55.4 Å². The molecule has 18 heavy (non-hydrogen) atoms. The Bertz CT molecular complexity index is 67.1. The number of hydrogen-bond donors (Lipinski definition) is 3. The van der Waals surface area contributed by atoms with Gasteiger partial charge in [-0.05, 0) is 0 Å². The normalized spacial score (nSPS) is 6.22. The molecule has 0 bridgehead atoms. The number of hydrogen-bond acceptors (Lipinski definition) is 0. The minimum atomic E-state index is 0. The molecule has 0 aromatic carbocycles. The van der Waals surface area contributed by atoms with E-state index in [9.17, 15) is 0 Å². The molecule has 0 aliphatic rings. The second-order valence-corrected chi connectivity index (χ2v) is 1.65. The molecule has 0 saturated heterocycles. The largest absolute Gasteiger partial charge is 0.428 e. The van der Waals surface area contributed by atoms with Crippen molar-refractivity contribution in [1.29, 1.82) is 0 Å². The third-order valence-corrected chi connectivity index (χ3v) is 0.539. The summed E-state index contributed by atoms with van der Waals surface area (Å²) in [6, 6.07) is 0. The van der Waals surface area contributed by atoms with Gasteiger partial charge in [0.15, 0.2) is 0 Å². The number of quaternary nitrogens is 1. The topological polar surface area (TPSA) is 44.5 Å². The van der Waals surface area contributed by atoms with E-state index in [0.717, 1.165) is 0 Å². The standard InChI is InChI=1S/2C3H7N.C2H7N.3C2H6.Y/c2*1-3-4-2;1-3-2;3*1-2;/h4H,1-2H3;3H,1-2H3;3H,1-2H3;3*1-2H3;/p+2. The summed E-state index contributed by atoms with van der Waals surface area (Å²) < 4.78 is 0. The zero-order valence-electron chi connectivity index (χ0n) is 15.2. The summed E-state index contributed by atoms with van der Waals surface area (Å²) in [6.45, 7) is 15.8. The molecule has 0 aliphatic carbocycles. The average molecular weight is 340 g/mol. The SMILES string of the molecule is CC.CC.CC.CC=[NH+]C.C[C-]=[NH+]C.C[NH2+]C.[Y]. The molecule has 0 aromatic heterocycles. The van der Waals surface area contributed by atoms with Gasteiger partial charge in [-0.1, -0.05) is 41.5 Å². The molecule has 1 radical (unpaired) electrons. The van der Waals surface area contributed by atoms with Crippen molar-refractivity contribution in [2.45, 2.75) is 55.4 Å². The average Bonchev–Trinajstić information content (AvgIpc) is 2.46. The fourth-order valence-electron chi connectivity index (χ4n) is 0. The predicted octanol–water partition coefficient (Wildman–Crippen LogP) is -0.662. The van der Waals surface area contributed by atoms with Crippen molar-refractivity contribution in [3.05, 3.63) is 0 Å². The molecule has 4 N–H and O–H groups in total. The smallest absolute Gasteiger partial charge is 0.134 e. The van der Waals surface area contributed by atoms with Crippen LogP contribution in [0.25, 0.3) is 0 Å². The van der Waals surface area contributed by atoms with E-state index in [2.05, 4.69) is 16.2 Å². The van der Waals surface area contributed by atoms with Crippen LogP contribution in [-0.2, 0) is 32.7 Å². The molecule has 3 nitrogen and oxygen atoms in total. The second kappa shape index (κ2) is 160. The van der Waals surface area contributed by atoms with Crippen molar-refractivity contribution < 1.29 is 48.0 Å². The van der Waals surface area contributed by atoms with Crippen LogP contribution >= 0.6 is 0 Å². The second-order valence-electron chi connectivity index (χ2n) is 1.65. The first-order valence-electron chi connectivity index (χ1n) is 6.77. The molecule has 0 atom stereocenters. The molecule has 0 amide bonds. The summed E-state index contributed by atoms with van der Waals surface area (Å²) in [5, 5.41) is 2.00. The molecular formula is C14H41N3Y+2. The molecule has 0 saturated carbocycles. The summed E-state index contributed by atoms with van der Waals surface area (Å²) >= 11 is 0. The molecule has 0 fully saturated rings. The maximum atomic E-state index is 2.81. The Morgan fingerprint density at radius 1 is 0.889 bits per heavy atom. The summed E-state index contributed by atoms with van der Waals surface area (Å²) in [7, 11) is 7.69. The van der Waals surface area contributed by atoms with Crippen molar-refractivity contribution in [3.8, 4) is 0 Å². The first-order chi connectivity index (χ1) is 8.24. The third kappa shape index (κ3) is 674. The molecule has 4 heteroatoms. The summed E-state index contributed by atoms with van der Waals surface area (Å²) in [4.78, 5) is 5.49. The Kier molecular flexibility index (Phi) is 382. The summed E-state index contributed by atoms with van der Waals surface area (Å²) in [5.41, 5.74) is 0. The third-order valence-electron chi connectivity index (χ3n) is 0.539. The maximum absolute atomic E-state index is 2.81. The van der Waals surface area contributed by atoms with Crippen LogP contribution in [0.5, 0.6) is 0 Å². The van der Waals surface area contributed by atoms with E-state index in [4.69, 9.17) is 0 Å². The van der Waals surface area contributed by atoms with E-state index < -0.39 is 0 Å². The predicted molar refractivity (Wildman–Crippen MR) is 84.0 cm³/mol. The quantitative estimate of drug-likeness (QED) is 0.387. The Balaban J connectivity index is -0.0000000165. The van der Waals surface area contributed by atoms with Gasteiger partial charge in [-0.15, -0.1) is 6.92 Å². The van der Waals surface area contributed by atoms with Crippen LogP contribution in [-0.4, -0.2) is 40.6 Å². The van der Waals surface area contributed by atoms with Gasteiger partial charge in [-0.2, -0.15) is 0 Å². The zero-order valence-corrected chi connectivity index (χ0v) is 18.1. The molecule has 0 spiro atoms. The van der Waals surface area contributed by atoms with Crippen LogP contribution < -0.4 is 15.3 Å². The molecule has 0 rings (SSSR count). The Morgan fingerprint density at radius 3 is 1.00 bits per heavy atom. The van der Waals surface area contributed by atoms with Gasteiger partial charge in [0.05, 0.1) is 21.1 Å². The minimum absolute atomic E-state index is 0. The van der Waals surface area contributed by atoms with Crippen LogP contribution in [0.3, 0.4) is 0 Å². The Hall–Kier alpha value is 0.404. The molecular weight excluding hydrogens is 299 g/mol. The monoisotopic (exact) mass is 340 g/mol. The van der Waals surface area contributed by atoms with Gasteiger partial charge in [0, 0.05) is 39.6 Å². The maximum Gasteiger partial charge on any atom is 0.134 e. The molecule has 0 heterocycles. The molecule has 0 unspecified atom stereocenters. The van der Waals surface area contributed by atoms with Crippen molar-refractivity contribution in [1.82, 2.24) is 0 Å². The molecule has 113 valence electrons. The van der Waals surface area contributed by atoms with Gasteiger partial charge in [0.1, 0.15) is 13.3 Å². The fourth-order valence-corrected chi connectivity index (χ4v) is 0. The van der Waals surface area contributed by atoms with E-state index in [1.165, 1.54) is 0 Å². The van der Waals surface area contributed by atoms with E-state index in [1.807, 2.05) is 95.1 Å². The number of rotatable bonds is 0. The van der Waals surface area contributed by atoms with Gasteiger partial charge in [0.2, 0.25) is 0 Å².